The van der Waals surface area contributed by atoms with E-state index in [2.05, 4.69) is 20.6 Å². The fourth-order valence-electron chi connectivity index (χ4n) is 3.69. The molecule has 0 aliphatic heterocycles. The van der Waals surface area contributed by atoms with Crippen LogP contribution in [-0.2, 0) is 6.54 Å². The zero-order valence-corrected chi connectivity index (χ0v) is 19.9. The van der Waals surface area contributed by atoms with E-state index in [0.29, 0.717) is 18.2 Å². The number of amides is 1. The molecule has 7 nitrogen and oxygen atoms in total. The van der Waals surface area contributed by atoms with Gasteiger partial charge in [-0.15, -0.1) is 0 Å². The molecule has 0 fully saturated rings. The van der Waals surface area contributed by atoms with Crippen molar-refractivity contribution in [2.24, 2.45) is 0 Å². The molecule has 2 aromatic carbocycles. The Morgan fingerprint density at radius 3 is 2.44 bits per heavy atom. The first kappa shape index (κ1) is 24.4. The molecule has 0 radical (unpaired) electrons. The lowest BCUT2D eigenvalue weighted by molar-refractivity contribution is 0.0940. The summed E-state index contributed by atoms with van der Waals surface area (Å²) in [6.45, 7) is 4.15. The van der Waals surface area contributed by atoms with E-state index in [1.165, 1.54) is 24.4 Å². The first-order chi connectivity index (χ1) is 17.3. The SMILES string of the molecule is Cc1cc(-c2ccc(CNc3ncc(C#N)cc3C(=O)N[C@@H](C)c3ccc(F)cc3)cc2)cnc1N. The van der Waals surface area contributed by atoms with Crippen LogP contribution in [0.3, 0.4) is 0 Å². The van der Waals surface area contributed by atoms with Gasteiger partial charge in [0.1, 0.15) is 23.5 Å². The third-order valence-corrected chi connectivity index (χ3v) is 5.85. The van der Waals surface area contributed by atoms with Crippen molar-refractivity contribution in [2.45, 2.75) is 26.4 Å². The van der Waals surface area contributed by atoms with Gasteiger partial charge in [0.05, 0.1) is 17.2 Å². The van der Waals surface area contributed by atoms with Gasteiger partial charge in [0.2, 0.25) is 0 Å². The van der Waals surface area contributed by atoms with Crippen LogP contribution >= 0.6 is 0 Å². The number of aryl methyl sites for hydroxylation is 1. The number of nitriles is 1. The van der Waals surface area contributed by atoms with Gasteiger partial charge in [-0.05, 0) is 60.4 Å². The fourth-order valence-corrected chi connectivity index (χ4v) is 3.69. The van der Waals surface area contributed by atoms with Crippen LogP contribution in [0.4, 0.5) is 16.0 Å². The average molecular weight is 481 g/mol. The van der Waals surface area contributed by atoms with Crippen molar-refractivity contribution in [2.75, 3.05) is 11.1 Å². The number of nitrogens with zero attached hydrogens (tertiary/aromatic N) is 3. The Kier molecular flexibility index (Phi) is 7.21. The van der Waals surface area contributed by atoms with Crippen LogP contribution in [0.5, 0.6) is 0 Å². The molecule has 4 N–H and O–H groups in total. The van der Waals surface area contributed by atoms with Crippen LogP contribution < -0.4 is 16.4 Å². The van der Waals surface area contributed by atoms with E-state index >= 15 is 0 Å². The minimum absolute atomic E-state index is 0.253. The maximum Gasteiger partial charge on any atom is 0.255 e. The highest BCUT2D eigenvalue weighted by Gasteiger charge is 2.17. The molecule has 2 aromatic heterocycles. The minimum Gasteiger partial charge on any atom is -0.383 e. The number of carbonyl (C=O) groups is 1. The number of anilines is 2. The first-order valence-electron chi connectivity index (χ1n) is 11.4. The summed E-state index contributed by atoms with van der Waals surface area (Å²) in [5, 5.41) is 15.4. The minimum atomic E-state index is -0.388. The third-order valence-electron chi connectivity index (χ3n) is 5.85. The van der Waals surface area contributed by atoms with Crippen molar-refractivity contribution in [1.82, 2.24) is 15.3 Å². The summed E-state index contributed by atoms with van der Waals surface area (Å²) >= 11 is 0. The molecule has 0 saturated carbocycles. The molecule has 1 atom stereocenters. The zero-order valence-electron chi connectivity index (χ0n) is 19.9. The highest BCUT2D eigenvalue weighted by Crippen LogP contribution is 2.23. The van der Waals surface area contributed by atoms with Gasteiger partial charge in [-0.1, -0.05) is 36.4 Å². The number of aromatic nitrogens is 2. The van der Waals surface area contributed by atoms with Gasteiger partial charge in [-0.3, -0.25) is 4.79 Å². The topological polar surface area (TPSA) is 117 Å². The number of hydrogen-bond acceptors (Lipinski definition) is 6. The van der Waals surface area contributed by atoms with Crippen LogP contribution in [0.25, 0.3) is 11.1 Å². The highest BCUT2D eigenvalue weighted by atomic mass is 19.1. The van der Waals surface area contributed by atoms with Crippen LogP contribution in [0.1, 0.15) is 45.6 Å². The lowest BCUT2D eigenvalue weighted by atomic mass is 10.0. The van der Waals surface area contributed by atoms with Gasteiger partial charge in [0.15, 0.2) is 0 Å². The second-order valence-corrected chi connectivity index (χ2v) is 8.46. The number of carbonyl (C=O) groups excluding carboxylic acids is 1. The third kappa shape index (κ3) is 5.65. The standard InChI is InChI=1S/C28H25FN6O/c1-17-11-23(16-32-26(17)31)22-5-3-19(4-6-22)14-33-27-25(12-20(13-30)15-34-27)28(36)35-18(2)21-7-9-24(29)10-8-21/h3-12,15-16,18H,14H2,1-2H3,(H2,31,32)(H,33,34)(H,35,36)/t18-/m0/s1. The molecule has 180 valence electrons. The zero-order chi connectivity index (χ0) is 25.7. The Bertz CT molecular complexity index is 1430. The number of hydrogen-bond donors (Lipinski definition) is 3. The van der Waals surface area contributed by atoms with E-state index < -0.39 is 0 Å². The van der Waals surface area contributed by atoms with E-state index in [1.807, 2.05) is 43.3 Å². The van der Waals surface area contributed by atoms with Crippen molar-refractivity contribution < 1.29 is 9.18 Å². The Morgan fingerprint density at radius 1 is 1.06 bits per heavy atom. The molecule has 0 unspecified atom stereocenters. The maximum atomic E-state index is 13.2. The molecule has 36 heavy (non-hydrogen) atoms. The summed E-state index contributed by atoms with van der Waals surface area (Å²) in [5.74, 6) is 0.144. The van der Waals surface area contributed by atoms with Crippen molar-refractivity contribution in [3.63, 3.8) is 0 Å². The molecule has 0 spiro atoms. The van der Waals surface area contributed by atoms with Gasteiger partial charge in [-0.25, -0.2) is 14.4 Å². The van der Waals surface area contributed by atoms with Gasteiger partial charge >= 0.3 is 0 Å². The predicted octanol–water partition coefficient (Wildman–Crippen LogP) is 5.15. The normalized spacial score (nSPS) is 11.4. The largest absolute Gasteiger partial charge is 0.383 e. The number of pyridine rings is 2. The summed E-state index contributed by atoms with van der Waals surface area (Å²) < 4.78 is 13.2. The second kappa shape index (κ2) is 10.7. The van der Waals surface area contributed by atoms with Crippen molar-refractivity contribution >= 4 is 17.5 Å². The molecular formula is C28H25FN6O. The quantitative estimate of drug-likeness (QED) is 0.337. The Hall–Kier alpha value is -4.77. The molecule has 4 aromatic rings. The van der Waals surface area contributed by atoms with Crippen molar-refractivity contribution in [3.8, 4) is 17.2 Å². The second-order valence-electron chi connectivity index (χ2n) is 8.46. The van der Waals surface area contributed by atoms with Gasteiger partial charge in [-0.2, -0.15) is 5.26 Å². The lowest BCUT2D eigenvalue weighted by Gasteiger charge is -2.16. The molecule has 1 amide bonds. The average Bonchev–Trinajstić information content (AvgIpc) is 2.89. The number of benzene rings is 2. The smallest absolute Gasteiger partial charge is 0.255 e. The van der Waals surface area contributed by atoms with Crippen LogP contribution in [0.2, 0.25) is 0 Å². The summed E-state index contributed by atoms with van der Waals surface area (Å²) in [4.78, 5) is 21.6. The van der Waals surface area contributed by atoms with Crippen LogP contribution in [0.15, 0.2) is 73.1 Å². The first-order valence-corrected chi connectivity index (χ1v) is 11.4. The summed E-state index contributed by atoms with van der Waals surface area (Å²) in [5.41, 5.74) is 11.0. The van der Waals surface area contributed by atoms with E-state index in [1.54, 1.807) is 25.3 Å². The Labute approximate surface area is 208 Å². The Morgan fingerprint density at radius 2 is 1.78 bits per heavy atom. The predicted molar refractivity (Wildman–Crippen MR) is 137 cm³/mol. The van der Waals surface area contributed by atoms with Crippen molar-refractivity contribution in [3.05, 3.63) is 107 Å². The molecule has 0 bridgehead atoms. The number of halogens is 1. The molecule has 2 heterocycles. The molecule has 8 heteroatoms. The van der Waals surface area contributed by atoms with E-state index in [4.69, 9.17) is 5.73 Å². The van der Waals surface area contributed by atoms with Gasteiger partial charge < -0.3 is 16.4 Å². The molecule has 0 saturated heterocycles. The molecule has 4 rings (SSSR count). The number of rotatable bonds is 7. The number of nitrogen functional groups attached to an aromatic ring is 1. The summed E-state index contributed by atoms with van der Waals surface area (Å²) in [6.07, 6.45) is 3.16. The maximum absolute atomic E-state index is 13.2. The highest BCUT2D eigenvalue weighted by molar-refractivity contribution is 5.99. The van der Waals surface area contributed by atoms with E-state index in [0.717, 1.165) is 27.8 Å². The molecule has 0 aliphatic carbocycles. The number of nitrogens with one attached hydrogen (secondary N) is 2. The van der Waals surface area contributed by atoms with Gasteiger partial charge in [0.25, 0.3) is 5.91 Å². The lowest BCUT2D eigenvalue weighted by Crippen LogP contribution is -2.28. The van der Waals surface area contributed by atoms with Crippen LogP contribution in [0, 0.1) is 24.1 Å². The molecular weight excluding hydrogens is 455 g/mol. The van der Waals surface area contributed by atoms with E-state index in [9.17, 15) is 14.4 Å². The van der Waals surface area contributed by atoms with Gasteiger partial charge in [0, 0.05) is 24.5 Å². The van der Waals surface area contributed by atoms with Crippen LogP contribution in [-0.4, -0.2) is 15.9 Å². The Balaban J connectivity index is 1.48. The monoisotopic (exact) mass is 480 g/mol. The molecule has 0 aliphatic rings. The number of nitrogens with two attached hydrogens (primary N) is 1. The van der Waals surface area contributed by atoms with Crippen molar-refractivity contribution in [1.29, 1.82) is 5.26 Å². The fraction of sp³-hybridized carbons (Fsp3) is 0.143. The summed E-state index contributed by atoms with van der Waals surface area (Å²) in [6, 6.07) is 19.0. The summed E-state index contributed by atoms with van der Waals surface area (Å²) in [7, 11) is 0. The van der Waals surface area contributed by atoms with E-state index in [-0.39, 0.29) is 28.9 Å².